The van der Waals surface area contributed by atoms with Crippen LogP contribution in [0.25, 0.3) is 0 Å². The van der Waals surface area contributed by atoms with Crippen molar-refractivity contribution in [2.24, 2.45) is 11.7 Å². The van der Waals surface area contributed by atoms with Crippen molar-refractivity contribution in [1.29, 1.82) is 0 Å². The Kier molecular flexibility index (Phi) is 9.70. The molecule has 0 spiro atoms. The molecule has 8 nitrogen and oxygen atoms in total. The van der Waals surface area contributed by atoms with Crippen molar-refractivity contribution >= 4 is 39.1 Å². The number of hydrogen-bond donors (Lipinski definition) is 3. The maximum atomic E-state index is 12.9. The van der Waals surface area contributed by atoms with E-state index in [9.17, 15) is 18.0 Å². The average molecular weight is 496 g/mol. The summed E-state index contributed by atoms with van der Waals surface area (Å²) in [6.45, 7) is 4.67. The largest absolute Gasteiger partial charge is 0.383 e. The maximum Gasteiger partial charge on any atom is 0.251 e. The summed E-state index contributed by atoms with van der Waals surface area (Å²) in [4.78, 5) is 24.2. The summed E-state index contributed by atoms with van der Waals surface area (Å²) in [5, 5.41) is 3.08. The third-order valence-electron chi connectivity index (χ3n) is 4.87. The molecule has 33 heavy (non-hydrogen) atoms. The van der Waals surface area contributed by atoms with Gasteiger partial charge in [0.25, 0.3) is 5.91 Å². The van der Waals surface area contributed by atoms with Gasteiger partial charge in [0.05, 0.1) is 24.0 Å². The molecule has 0 bridgehead atoms. The van der Waals surface area contributed by atoms with Gasteiger partial charge < -0.3 is 15.8 Å². The quantitative estimate of drug-likeness (QED) is 0.389. The van der Waals surface area contributed by atoms with Crippen molar-refractivity contribution in [3.63, 3.8) is 0 Å². The number of carbonyl (C=O) groups excluding carboxylic acids is 2. The van der Waals surface area contributed by atoms with Crippen LogP contribution in [0.2, 0.25) is 5.02 Å². The van der Waals surface area contributed by atoms with Crippen LogP contribution in [0.4, 0.5) is 5.69 Å². The highest BCUT2D eigenvalue weighted by Gasteiger charge is 2.24. The van der Waals surface area contributed by atoms with E-state index < -0.39 is 21.8 Å². The predicted octanol–water partition coefficient (Wildman–Crippen LogP) is 3.27. The summed E-state index contributed by atoms with van der Waals surface area (Å²) in [6, 6.07) is 10.9. The highest BCUT2D eigenvalue weighted by Crippen LogP contribution is 2.33. The molecule has 2 amide bonds. The van der Waals surface area contributed by atoms with Gasteiger partial charge in [-0.1, -0.05) is 37.6 Å². The lowest BCUT2D eigenvalue weighted by Gasteiger charge is -2.20. The molecule has 2 aromatic rings. The highest BCUT2D eigenvalue weighted by molar-refractivity contribution is 7.91. The Morgan fingerprint density at radius 2 is 1.79 bits per heavy atom. The fourth-order valence-corrected chi connectivity index (χ4v) is 4.73. The molecule has 0 aliphatic rings. The lowest BCUT2D eigenvalue weighted by atomic mass is 9.89. The number of hydrogen-bond acceptors (Lipinski definition) is 5. The molecule has 0 unspecified atom stereocenters. The number of primary amides is 1. The first-order valence-electron chi connectivity index (χ1n) is 10.5. The van der Waals surface area contributed by atoms with Gasteiger partial charge in [-0.2, -0.15) is 0 Å². The van der Waals surface area contributed by atoms with E-state index in [-0.39, 0.29) is 23.3 Å². The molecule has 4 N–H and O–H groups in total. The molecule has 0 fully saturated rings. The van der Waals surface area contributed by atoms with Crippen LogP contribution in [-0.4, -0.2) is 40.5 Å². The smallest absolute Gasteiger partial charge is 0.251 e. The molecule has 180 valence electrons. The van der Waals surface area contributed by atoms with E-state index in [1.165, 1.54) is 6.07 Å². The molecular formula is C23H30ClN3O5S. The van der Waals surface area contributed by atoms with E-state index in [1.807, 2.05) is 13.8 Å². The van der Waals surface area contributed by atoms with E-state index >= 15 is 0 Å². The summed E-state index contributed by atoms with van der Waals surface area (Å²) in [5.74, 6) is -1.65. The molecule has 0 aliphatic heterocycles. The van der Waals surface area contributed by atoms with Crippen molar-refractivity contribution < 1.29 is 22.7 Å². The van der Waals surface area contributed by atoms with Gasteiger partial charge in [-0.15, -0.1) is 0 Å². The monoisotopic (exact) mass is 495 g/mol. The van der Waals surface area contributed by atoms with Crippen LogP contribution in [0.5, 0.6) is 0 Å². The molecule has 0 radical (unpaired) electrons. The number of rotatable bonds is 12. The van der Waals surface area contributed by atoms with Crippen LogP contribution in [-0.2, 0) is 25.3 Å². The fourth-order valence-electron chi connectivity index (χ4n) is 3.33. The molecule has 1 atom stereocenters. The summed E-state index contributed by atoms with van der Waals surface area (Å²) in [7, 11) is -2.28. The first-order valence-corrected chi connectivity index (χ1v) is 12.5. The van der Waals surface area contributed by atoms with Gasteiger partial charge in [-0.05, 0) is 53.8 Å². The summed E-state index contributed by atoms with van der Waals surface area (Å²) >= 11 is 6.11. The lowest BCUT2D eigenvalue weighted by molar-refractivity contribution is -0.119. The lowest BCUT2D eigenvalue weighted by Crippen LogP contribution is -2.26. The molecule has 0 aliphatic carbocycles. The molecule has 0 saturated carbocycles. The van der Waals surface area contributed by atoms with E-state index in [0.29, 0.717) is 41.3 Å². The third-order valence-corrected chi connectivity index (χ3v) is 6.35. The van der Waals surface area contributed by atoms with E-state index in [4.69, 9.17) is 22.1 Å². The number of benzene rings is 2. The van der Waals surface area contributed by atoms with Crippen LogP contribution < -0.4 is 15.8 Å². The normalized spacial score (nSPS) is 12.4. The zero-order valence-electron chi connectivity index (χ0n) is 18.9. The Balaban J connectivity index is 2.19. The van der Waals surface area contributed by atoms with E-state index in [2.05, 4.69) is 10.0 Å². The minimum absolute atomic E-state index is 0.163. The number of nitrogens with one attached hydrogen (secondary N) is 2. The number of sulfonamides is 1. The number of ether oxygens (including phenoxy) is 1. The Morgan fingerprint density at radius 3 is 2.36 bits per heavy atom. The number of anilines is 1. The average Bonchev–Trinajstić information content (AvgIpc) is 2.73. The molecule has 10 heteroatoms. The Morgan fingerprint density at radius 1 is 1.12 bits per heavy atom. The summed E-state index contributed by atoms with van der Waals surface area (Å²) < 4.78 is 33.2. The molecular weight excluding hydrogens is 466 g/mol. The first-order chi connectivity index (χ1) is 15.5. The minimum Gasteiger partial charge on any atom is -0.383 e. The second kappa shape index (κ2) is 12.0. The van der Waals surface area contributed by atoms with Crippen molar-refractivity contribution in [1.82, 2.24) is 5.32 Å². The summed E-state index contributed by atoms with van der Waals surface area (Å²) in [5.41, 5.74) is 7.22. The number of nitrogens with two attached hydrogens (primary N) is 1. The second-order valence-corrected chi connectivity index (χ2v) is 10.3. The number of carbonyl (C=O) groups is 2. The van der Waals surface area contributed by atoms with Gasteiger partial charge in [0.1, 0.15) is 0 Å². The topological polar surface area (TPSA) is 128 Å². The van der Waals surface area contributed by atoms with Crippen LogP contribution >= 0.6 is 11.6 Å². The van der Waals surface area contributed by atoms with Crippen molar-refractivity contribution in [2.75, 3.05) is 25.0 Å². The van der Waals surface area contributed by atoms with Crippen LogP contribution in [0.15, 0.2) is 42.5 Å². The second-order valence-electron chi connectivity index (χ2n) is 8.12. The van der Waals surface area contributed by atoms with Crippen LogP contribution in [0.3, 0.4) is 0 Å². The fraction of sp³-hybridized carbons (Fsp3) is 0.391. The van der Waals surface area contributed by atoms with Crippen molar-refractivity contribution in [3.8, 4) is 0 Å². The van der Waals surface area contributed by atoms with Crippen molar-refractivity contribution in [2.45, 2.75) is 31.9 Å². The predicted molar refractivity (Wildman–Crippen MR) is 130 cm³/mol. The standard InChI is InChI=1S/C23H30ClN3O5S/c1-15(2)12-20(22(25)28)19-13-18(24)8-9-21(19)27-33(30,31)14-16-4-6-17(7-5-16)23(29)26-10-11-32-3/h4-9,13,15,20,27H,10-12,14H2,1-3H3,(H2,25,28)(H,26,29)/t20-/m1/s1. The van der Waals surface area contributed by atoms with Gasteiger partial charge in [0, 0.05) is 24.2 Å². The zero-order chi connectivity index (χ0) is 24.6. The number of halogens is 1. The van der Waals surface area contributed by atoms with Gasteiger partial charge in [0.2, 0.25) is 15.9 Å². The van der Waals surface area contributed by atoms with Gasteiger partial charge in [-0.25, -0.2) is 8.42 Å². The zero-order valence-corrected chi connectivity index (χ0v) is 20.5. The van der Waals surface area contributed by atoms with Crippen molar-refractivity contribution in [3.05, 3.63) is 64.2 Å². The Labute approximate surface area is 199 Å². The number of amides is 2. The molecule has 0 aromatic heterocycles. The van der Waals surface area contributed by atoms with E-state index in [1.54, 1.807) is 43.5 Å². The minimum atomic E-state index is -3.82. The molecule has 0 heterocycles. The molecule has 0 saturated heterocycles. The Hall–Kier alpha value is -2.62. The van der Waals surface area contributed by atoms with Gasteiger partial charge in [-0.3, -0.25) is 14.3 Å². The maximum absolute atomic E-state index is 12.9. The van der Waals surface area contributed by atoms with E-state index in [0.717, 1.165) is 0 Å². The Bertz CT molecular complexity index is 1070. The highest BCUT2D eigenvalue weighted by atomic mass is 35.5. The third kappa shape index (κ3) is 8.34. The SMILES string of the molecule is COCCNC(=O)c1ccc(CS(=O)(=O)Nc2ccc(Cl)cc2[C@@H](CC(C)C)C(N)=O)cc1. The molecule has 2 rings (SSSR count). The first kappa shape index (κ1) is 26.6. The van der Waals surface area contributed by atoms with Gasteiger partial charge in [0.15, 0.2) is 0 Å². The van der Waals surface area contributed by atoms with Crippen LogP contribution in [0.1, 0.15) is 47.7 Å². The summed E-state index contributed by atoms with van der Waals surface area (Å²) in [6.07, 6.45) is 0.457. The van der Waals surface area contributed by atoms with Crippen LogP contribution in [0, 0.1) is 5.92 Å². The number of methoxy groups -OCH3 is 1. The molecule has 2 aromatic carbocycles. The van der Waals surface area contributed by atoms with Gasteiger partial charge >= 0.3 is 0 Å².